The molecule has 4 heterocycles. The van der Waals surface area contributed by atoms with E-state index in [4.69, 9.17) is 10.1 Å². The first-order valence-electron chi connectivity index (χ1n) is 11.7. The van der Waals surface area contributed by atoms with Crippen molar-refractivity contribution in [2.75, 3.05) is 13.1 Å². The number of carboxylic acid groups (broad SMARTS) is 1. The molecule has 0 radical (unpaired) electrons. The quantitative estimate of drug-likeness (QED) is 0.462. The predicted molar refractivity (Wildman–Crippen MR) is 132 cm³/mol. The molecule has 4 aromatic rings. The average molecular weight is 459 g/mol. The van der Waals surface area contributed by atoms with Gasteiger partial charge in [-0.25, -0.2) is 9.78 Å². The third-order valence-electron chi connectivity index (χ3n) is 6.76. The Morgan fingerprint density at radius 3 is 2.74 bits per heavy atom. The van der Waals surface area contributed by atoms with Crippen molar-refractivity contribution >= 4 is 22.6 Å². The minimum atomic E-state index is -0.965. The maximum atomic E-state index is 11.0. The van der Waals surface area contributed by atoms with Gasteiger partial charge in [0.1, 0.15) is 5.69 Å². The standard InChI is InChI=1S/C26H30N6O2/c1-16(31-13-12-19(15-31)27-25(33)34)18-9-11-22-29-30-24(32(22)14-18)21-10-8-17-6-5-7-20(23(17)28-21)26(2,3)4/h5-11,14,16,19,27H,12-13,15H2,1-4H3,(H,33,34)/t16-,19+/m1/s1. The molecular weight excluding hydrogens is 428 g/mol. The van der Waals surface area contributed by atoms with Crippen molar-refractivity contribution in [1.82, 2.24) is 29.8 Å². The van der Waals surface area contributed by atoms with Gasteiger partial charge in [-0.3, -0.25) is 9.30 Å². The molecule has 1 aromatic carbocycles. The monoisotopic (exact) mass is 458 g/mol. The Kier molecular flexibility index (Phi) is 5.48. The van der Waals surface area contributed by atoms with E-state index in [0.29, 0.717) is 12.4 Å². The summed E-state index contributed by atoms with van der Waals surface area (Å²) in [5, 5.41) is 21.6. The van der Waals surface area contributed by atoms with Gasteiger partial charge in [0.2, 0.25) is 0 Å². The summed E-state index contributed by atoms with van der Waals surface area (Å²) in [7, 11) is 0. The van der Waals surface area contributed by atoms with E-state index >= 15 is 0 Å². The zero-order valence-electron chi connectivity index (χ0n) is 20.0. The van der Waals surface area contributed by atoms with Crippen molar-refractivity contribution in [3.63, 3.8) is 0 Å². The number of benzene rings is 1. The fourth-order valence-corrected chi connectivity index (χ4v) is 4.85. The maximum absolute atomic E-state index is 11.0. The number of fused-ring (bicyclic) bond motifs is 2. The Balaban J connectivity index is 1.50. The largest absolute Gasteiger partial charge is 0.465 e. The first kappa shape index (κ1) is 22.3. The number of nitrogens with one attached hydrogen (secondary N) is 1. The van der Waals surface area contributed by atoms with Gasteiger partial charge in [0.25, 0.3) is 0 Å². The highest BCUT2D eigenvalue weighted by molar-refractivity contribution is 5.84. The summed E-state index contributed by atoms with van der Waals surface area (Å²) in [6.07, 6.45) is 1.93. The Morgan fingerprint density at radius 2 is 1.97 bits per heavy atom. The van der Waals surface area contributed by atoms with Crippen LogP contribution in [0.25, 0.3) is 28.1 Å². The van der Waals surface area contributed by atoms with Gasteiger partial charge in [-0.15, -0.1) is 10.2 Å². The highest BCUT2D eigenvalue weighted by Crippen LogP contribution is 2.31. The molecule has 1 amide bonds. The maximum Gasteiger partial charge on any atom is 0.404 e. The van der Waals surface area contributed by atoms with Crippen molar-refractivity contribution in [3.8, 4) is 11.5 Å². The summed E-state index contributed by atoms with van der Waals surface area (Å²) in [6.45, 7) is 10.3. The van der Waals surface area contributed by atoms with Crippen LogP contribution in [-0.2, 0) is 5.41 Å². The lowest BCUT2D eigenvalue weighted by molar-refractivity contribution is 0.188. The fourth-order valence-electron chi connectivity index (χ4n) is 4.85. The van der Waals surface area contributed by atoms with E-state index in [0.717, 1.165) is 40.8 Å². The molecule has 2 atom stereocenters. The topological polar surface area (TPSA) is 95.7 Å². The van der Waals surface area contributed by atoms with Gasteiger partial charge in [0, 0.05) is 36.8 Å². The Hall–Kier alpha value is -3.52. The van der Waals surface area contributed by atoms with E-state index in [9.17, 15) is 4.79 Å². The highest BCUT2D eigenvalue weighted by atomic mass is 16.4. The van der Waals surface area contributed by atoms with Crippen LogP contribution in [0, 0.1) is 0 Å². The molecular formula is C26H30N6O2. The summed E-state index contributed by atoms with van der Waals surface area (Å²) in [5.74, 6) is 0.710. The Morgan fingerprint density at radius 1 is 1.15 bits per heavy atom. The third kappa shape index (κ3) is 4.09. The van der Waals surface area contributed by atoms with Crippen LogP contribution in [0.15, 0.2) is 48.7 Å². The molecule has 0 saturated carbocycles. The Bertz CT molecular complexity index is 1370. The Labute approximate surface area is 198 Å². The summed E-state index contributed by atoms with van der Waals surface area (Å²) in [4.78, 5) is 18.3. The normalized spacial score (nSPS) is 17.9. The number of rotatable bonds is 4. The number of hydrogen-bond donors (Lipinski definition) is 2. The van der Waals surface area contributed by atoms with Crippen LogP contribution < -0.4 is 5.32 Å². The van der Waals surface area contributed by atoms with Gasteiger partial charge in [-0.2, -0.15) is 0 Å². The zero-order valence-corrected chi connectivity index (χ0v) is 20.0. The van der Waals surface area contributed by atoms with Crippen molar-refractivity contribution in [2.45, 2.75) is 51.6 Å². The van der Waals surface area contributed by atoms with Crippen molar-refractivity contribution in [1.29, 1.82) is 0 Å². The van der Waals surface area contributed by atoms with Crippen LogP contribution in [0.1, 0.15) is 51.3 Å². The molecule has 0 unspecified atom stereocenters. The average Bonchev–Trinajstić information content (AvgIpc) is 3.43. The van der Waals surface area contributed by atoms with E-state index in [1.165, 1.54) is 5.56 Å². The molecule has 34 heavy (non-hydrogen) atoms. The number of para-hydroxylation sites is 1. The second kappa shape index (κ2) is 8.36. The van der Waals surface area contributed by atoms with Gasteiger partial charge < -0.3 is 10.4 Å². The van der Waals surface area contributed by atoms with Gasteiger partial charge in [-0.1, -0.05) is 51.1 Å². The van der Waals surface area contributed by atoms with Crippen LogP contribution in [0.4, 0.5) is 4.79 Å². The highest BCUT2D eigenvalue weighted by Gasteiger charge is 2.28. The number of hydrogen-bond acceptors (Lipinski definition) is 5. The molecule has 1 saturated heterocycles. The number of likely N-dealkylation sites (tertiary alicyclic amines) is 1. The summed E-state index contributed by atoms with van der Waals surface area (Å²) in [6, 6.07) is 14.6. The lowest BCUT2D eigenvalue weighted by Gasteiger charge is -2.24. The van der Waals surface area contributed by atoms with E-state index in [2.05, 4.69) is 84.6 Å². The van der Waals surface area contributed by atoms with Crippen LogP contribution >= 0.6 is 0 Å². The molecule has 5 rings (SSSR count). The summed E-state index contributed by atoms with van der Waals surface area (Å²) >= 11 is 0. The smallest absolute Gasteiger partial charge is 0.404 e. The van der Waals surface area contributed by atoms with E-state index in [-0.39, 0.29) is 17.5 Å². The van der Waals surface area contributed by atoms with Gasteiger partial charge >= 0.3 is 6.09 Å². The van der Waals surface area contributed by atoms with E-state index < -0.39 is 6.09 Å². The first-order valence-corrected chi connectivity index (χ1v) is 11.7. The predicted octanol–water partition coefficient (Wildman–Crippen LogP) is 4.64. The number of nitrogens with zero attached hydrogens (tertiary/aromatic N) is 5. The molecule has 8 heteroatoms. The van der Waals surface area contributed by atoms with Crippen molar-refractivity contribution in [2.24, 2.45) is 0 Å². The van der Waals surface area contributed by atoms with Gasteiger partial charge in [0.15, 0.2) is 11.5 Å². The van der Waals surface area contributed by atoms with Gasteiger partial charge in [0.05, 0.1) is 5.52 Å². The third-order valence-corrected chi connectivity index (χ3v) is 6.76. The van der Waals surface area contributed by atoms with Gasteiger partial charge in [-0.05, 0) is 42.0 Å². The van der Waals surface area contributed by atoms with E-state index in [1.54, 1.807) is 0 Å². The lowest BCUT2D eigenvalue weighted by Crippen LogP contribution is -2.36. The zero-order chi connectivity index (χ0) is 24.0. The first-order chi connectivity index (χ1) is 16.2. The molecule has 3 aromatic heterocycles. The fraction of sp³-hybridized carbons (Fsp3) is 0.385. The molecule has 0 spiro atoms. The van der Waals surface area contributed by atoms with Crippen molar-refractivity contribution in [3.05, 3.63) is 59.8 Å². The molecule has 0 aliphatic carbocycles. The number of carbonyl (C=O) groups is 1. The molecule has 1 aliphatic heterocycles. The summed E-state index contributed by atoms with van der Waals surface area (Å²) < 4.78 is 2.00. The molecule has 2 N–H and O–H groups in total. The number of pyridine rings is 2. The number of aromatic nitrogens is 4. The van der Waals surface area contributed by atoms with Crippen LogP contribution in [-0.4, -0.2) is 54.8 Å². The number of amides is 1. The second-order valence-electron chi connectivity index (χ2n) is 10.1. The molecule has 8 nitrogen and oxygen atoms in total. The van der Waals surface area contributed by atoms with Crippen LogP contribution in [0.3, 0.4) is 0 Å². The molecule has 1 fully saturated rings. The second-order valence-corrected chi connectivity index (χ2v) is 10.1. The SMILES string of the molecule is C[C@H](c1ccc2nnc(-c3ccc4cccc(C(C)(C)C)c4n3)n2c1)N1CC[C@H](NC(=O)O)C1. The van der Waals surface area contributed by atoms with E-state index in [1.807, 2.05) is 16.5 Å². The summed E-state index contributed by atoms with van der Waals surface area (Å²) in [5.41, 5.74) is 4.85. The van der Waals surface area contributed by atoms with Crippen LogP contribution in [0.5, 0.6) is 0 Å². The van der Waals surface area contributed by atoms with Crippen LogP contribution in [0.2, 0.25) is 0 Å². The molecule has 0 bridgehead atoms. The lowest BCUT2D eigenvalue weighted by atomic mass is 9.85. The minimum Gasteiger partial charge on any atom is -0.465 e. The minimum absolute atomic E-state index is 0.0241. The van der Waals surface area contributed by atoms with Crippen molar-refractivity contribution < 1.29 is 9.90 Å². The molecule has 176 valence electrons. The molecule has 1 aliphatic rings.